The molecule has 1 amide bonds. The van der Waals surface area contributed by atoms with Gasteiger partial charge in [-0.25, -0.2) is 4.39 Å². The second-order valence-corrected chi connectivity index (χ2v) is 5.62. The number of fused-ring (bicyclic) bond motifs is 1. The third kappa shape index (κ3) is 3.74. The molecule has 0 aromatic heterocycles. The Hall–Kier alpha value is -2.82. The summed E-state index contributed by atoms with van der Waals surface area (Å²) in [6.07, 6.45) is 2.81. The summed E-state index contributed by atoms with van der Waals surface area (Å²) in [6, 6.07) is 12.0. The van der Waals surface area contributed by atoms with Crippen LogP contribution >= 0.6 is 0 Å². The van der Waals surface area contributed by atoms with Crippen LogP contribution in [0.3, 0.4) is 0 Å². The number of ether oxygens (including phenoxy) is 1. The molecule has 0 fully saturated rings. The number of halogens is 1. The van der Waals surface area contributed by atoms with Crippen LogP contribution in [0.1, 0.15) is 24.1 Å². The van der Waals surface area contributed by atoms with Crippen molar-refractivity contribution in [1.82, 2.24) is 5.32 Å². The lowest BCUT2D eigenvalue weighted by atomic mass is 10.1. The Morgan fingerprint density at radius 1 is 1.33 bits per heavy atom. The van der Waals surface area contributed by atoms with Crippen molar-refractivity contribution in [1.29, 1.82) is 0 Å². The molecule has 5 heteroatoms. The molecular formula is C19H19FN2O2. The Morgan fingerprint density at radius 3 is 3.00 bits per heavy atom. The van der Waals surface area contributed by atoms with E-state index in [0.29, 0.717) is 12.2 Å². The van der Waals surface area contributed by atoms with Gasteiger partial charge in [-0.3, -0.25) is 4.79 Å². The Balaban J connectivity index is 1.65. The molecule has 1 aliphatic heterocycles. The predicted molar refractivity (Wildman–Crippen MR) is 92.4 cm³/mol. The van der Waals surface area contributed by atoms with Gasteiger partial charge < -0.3 is 15.4 Å². The van der Waals surface area contributed by atoms with Gasteiger partial charge in [-0.2, -0.15) is 0 Å². The van der Waals surface area contributed by atoms with Gasteiger partial charge in [0.2, 0.25) is 5.91 Å². The minimum atomic E-state index is -0.352. The normalized spacial score (nSPS) is 14.4. The maximum Gasteiger partial charge on any atom is 0.244 e. The second-order valence-electron chi connectivity index (χ2n) is 5.62. The van der Waals surface area contributed by atoms with Crippen molar-refractivity contribution >= 4 is 17.7 Å². The van der Waals surface area contributed by atoms with E-state index in [1.165, 1.54) is 18.2 Å². The Morgan fingerprint density at radius 2 is 2.17 bits per heavy atom. The van der Waals surface area contributed by atoms with E-state index in [2.05, 4.69) is 10.6 Å². The summed E-state index contributed by atoms with van der Waals surface area (Å²) in [5.41, 5.74) is 2.29. The first-order valence-corrected chi connectivity index (χ1v) is 7.87. The first-order chi connectivity index (χ1) is 11.6. The number of nitrogens with one attached hydrogen (secondary N) is 2. The molecule has 2 aromatic carbocycles. The van der Waals surface area contributed by atoms with Crippen LogP contribution in [-0.4, -0.2) is 19.1 Å². The zero-order valence-corrected chi connectivity index (χ0v) is 13.4. The van der Waals surface area contributed by atoms with Crippen LogP contribution in [0.25, 0.3) is 6.08 Å². The number of benzene rings is 2. The molecule has 1 heterocycles. The number of anilines is 1. The summed E-state index contributed by atoms with van der Waals surface area (Å²) in [5.74, 6) is 0.200. The molecule has 2 aromatic rings. The van der Waals surface area contributed by atoms with Gasteiger partial charge in [0, 0.05) is 18.2 Å². The van der Waals surface area contributed by atoms with Gasteiger partial charge in [0.15, 0.2) is 0 Å². The van der Waals surface area contributed by atoms with Crippen LogP contribution < -0.4 is 15.4 Å². The number of carbonyl (C=O) groups excluding carboxylic acids is 1. The number of carbonyl (C=O) groups is 1. The number of hydrogen-bond donors (Lipinski definition) is 2. The average molecular weight is 326 g/mol. The summed E-state index contributed by atoms with van der Waals surface area (Å²) >= 11 is 0. The highest BCUT2D eigenvalue weighted by Gasteiger charge is 2.13. The van der Waals surface area contributed by atoms with E-state index in [-0.39, 0.29) is 17.8 Å². The molecule has 0 spiro atoms. The number of amides is 1. The number of rotatable bonds is 4. The maximum absolute atomic E-state index is 13.5. The van der Waals surface area contributed by atoms with Crippen molar-refractivity contribution < 1.29 is 13.9 Å². The van der Waals surface area contributed by atoms with Crippen molar-refractivity contribution in [2.75, 3.05) is 18.5 Å². The van der Waals surface area contributed by atoms with Gasteiger partial charge in [-0.05, 0) is 36.8 Å². The molecule has 1 unspecified atom stereocenters. The summed E-state index contributed by atoms with van der Waals surface area (Å²) in [5, 5.41) is 6.15. The van der Waals surface area contributed by atoms with E-state index < -0.39 is 0 Å². The molecule has 0 aliphatic carbocycles. The van der Waals surface area contributed by atoms with Gasteiger partial charge in [-0.1, -0.05) is 24.3 Å². The summed E-state index contributed by atoms with van der Waals surface area (Å²) in [4.78, 5) is 12.0. The van der Waals surface area contributed by atoms with Gasteiger partial charge in [0.1, 0.15) is 18.2 Å². The highest BCUT2D eigenvalue weighted by Crippen LogP contribution is 2.30. The first kappa shape index (κ1) is 16.1. The molecule has 124 valence electrons. The molecule has 0 saturated carbocycles. The minimum Gasteiger partial charge on any atom is -0.490 e. The van der Waals surface area contributed by atoms with Crippen LogP contribution in [0.4, 0.5) is 10.1 Å². The van der Waals surface area contributed by atoms with Crippen molar-refractivity contribution in [2.24, 2.45) is 0 Å². The molecule has 24 heavy (non-hydrogen) atoms. The van der Waals surface area contributed by atoms with E-state index in [4.69, 9.17) is 4.74 Å². The quantitative estimate of drug-likeness (QED) is 0.845. The summed E-state index contributed by atoms with van der Waals surface area (Å²) < 4.78 is 19.1. The highest BCUT2D eigenvalue weighted by atomic mass is 19.1. The fourth-order valence-corrected chi connectivity index (χ4v) is 2.55. The first-order valence-electron chi connectivity index (χ1n) is 7.87. The van der Waals surface area contributed by atoms with E-state index in [0.717, 1.165) is 23.5 Å². The SMILES string of the molecule is CC(NC(=O)/C=C/c1ccccc1F)c1ccc2c(c1)NCCO2. The van der Waals surface area contributed by atoms with Crippen molar-refractivity contribution in [2.45, 2.75) is 13.0 Å². The van der Waals surface area contributed by atoms with E-state index in [9.17, 15) is 9.18 Å². The van der Waals surface area contributed by atoms with Crippen molar-refractivity contribution in [3.05, 3.63) is 65.5 Å². The van der Waals surface area contributed by atoms with Crippen LogP contribution in [0, 0.1) is 5.82 Å². The summed E-state index contributed by atoms with van der Waals surface area (Å²) in [7, 11) is 0. The van der Waals surface area contributed by atoms with Gasteiger partial charge in [0.05, 0.1) is 11.7 Å². The molecule has 3 rings (SSSR count). The van der Waals surface area contributed by atoms with Gasteiger partial charge in [0.25, 0.3) is 0 Å². The topological polar surface area (TPSA) is 50.4 Å². The summed E-state index contributed by atoms with van der Waals surface area (Å²) in [6.45, 7) is 3.32. The zero-order chi connectivity index (χ0) is 16.9. The molecular weight excluding hydrogens is 307 g/mol. The second kappa shape index (κ2) is 7.17. The molecule has 2 N–H and O–H groups in total. The van der Waals surface area contributed by atoms with Crippen LogP contribution in [0.2, 0.25) is 0 Å². The lowest BCUT2D eigenvalue weighted by molar-refractivity contribution is -0.117. The average Bonchev–Trinajstić information content (AvgIpc) is 2.60. The lowest BCUT2D eigenvalue weighted by Gasteiger charge is -2.21. The third-order valence-electron chi connectivity index (χ3n) is 3.86. The fraction of sp³-hybridized carbons (Fsp3) is 0.211. The zero-order valence-electron chi connectivity index (χ0n) is 13.4. The fourth-order valence-electron chi connectivity index (χ4n) is 2.55. The molecule has 0 bridgehead atoms. The molecule has 1 aliphatic rings. The third-order valence-corrected chi connectivity index (χ3v) is 3.86. The largest absolute Gasteiger partial charge is 0.490 e. The van der Waals surface area contributed by atoms with E-state index >= 15 is 0 Å². The smallest absolute Gasteiger partial charge is 0.244 e. The Kier molecular flexibility index (Phi) is 4.79. The molecule has 0 saturated heterocycles. The monoisotopic (exact) mass is 326 g/mol. The lowest BCUT2D eigenvalue weighted by Crippen LogP contribution is -2.25. The van der Waals surface area contributed by atoms with Crippen LogP contribution in [0.5, 0.6) is 5.75 Å². The van der Waals surface area contributed by atoms with E-state index in [1.54, 1.807) is 18.2 Å². The maximum atomic E-state index is 13.5. The minimum absolute atomic E-state index is 0.170. The van der Waals surface area contributed by atoms with Crippen molar-refractivity contribution in [3.63, 3.8) is 0 Å². The van der Waals surface area contributed by atoms with Gasteiger partial charge >= 0.3 is 0 Å². The predicted octanol–water partition coefficient (Wildman–Crippen LogP) is 3.52. The standard InChI is InChI=1S/C19H19FN2O2/c1-13(15-6-8-18-17(12-15)21-10-11-24-18)22-19(23)9-7-14-4-2-3-5-16(14)20/h2-9,12-13,21H,10-11H2,1H3,(H,22,23)/b9-7+. The van der Waals surface area contributed by atoms with Crippen molar-refractivity contribution in [3.8, 4) is 5.75 Å². The Labute approximate surface area is 140 Å². The van der Waals surface area contributed by atoms with E-state index in [1.807, 2.05) is 25.1 Å². The molecule has 1 atom stereocenters. The number of hydrogen-bond acceptors (Lipinski definition) is 3. The molecule has 0 radical (unpaired) electrons. The van der Waals surface area contributed by atoms with Gasteiger partial charge in [-0.15, -0.1) is 0 Å². The highest BCUT2D eigenvalue weighted by molar-refractivity contribution is 5.92. The molecule has 4 nitrogen and oxygen atoms in total. The van der Waals surface area contributed by atoms with Crippen LogP contribution in [-0.2, 0) is 4.79 Å². The Bertz CT molecular complexity index is 774. The van der Waals surface area contributed by atoms with Crippen LogP contribution in [0.15, 0.2) is 48.5 Å².